The molecule has 1 fully saturated rings. The fourth-order valence-corrected chi connectivity index (χ4v) is 4.22. The van der Waals surface area contributed by atoms with Crippen LogP contribution >= 0.6 is 27.3 Å². The van der Waals surface area contributed by atoms with Gasteiger partial charge in [-0.15, -0.1) is 11.3 Å². The van der Waals surface area contributed by atoms with Gasteiger partial charge in [-0.3, -0.25) is 4.79 Å². The van der Waals surface area contributed by atoms with Crippen LogP contribution < -0.4 is 5.32 Å². The van der Waals surface area contributed by atoms with Gasteiger partial charge in [-0.2, -0.15) is 0 Å². The molecule has 1 aliphatic rings. The van der Waals surface area contributed by atoms with Crippen LogP contribution in [-0.2, 0) is 0 Å². The van der Waals surface area contributed by atoms with Gasteiger partial charge >= 0.3 is 0 Å². The summed E-state index contributed by atoms with van der Waals surface area (Å²) in [6.45, 7) is 3.15. The van der Waals surface area contributed by atoms with E-state index in [1.807, 2.05) is 11.4 Å². The fourth-order valence-electron chi connectivity index (χ4n) is 2.75. The molecule has 0 spiro atoms. The highest BCUT2D eigenvalue weighted by atomic mass is 79.9. The SMILES string of the molecule is CC1CCCC(CCNC(=O)c2sccc2Br)C1. The number of hydrogen-bond acceptors (Lipinski definition) is 2. The second-order valence-corrected chi connectivity index (χ2v) is 7.05. The Balaban J connectivity index is 1.72. The van der Waals surface area contributed by atoms with Crippen molar-refractivity contribution in [2.45, 2.75) is 39.0 Å². The van der Waals surface area contributed by atoms with Crippen LogP contribution in [0.2, 0.25) is 0 Å². The molecule has 2 atom stereocenters. The lowest BCUT2D eigenvalue weighted by Crippen LogP contribution is -2.26. The first-order chi connectivity index (χ1) is 8.66. The molecule has 0 aliphatic heterocycles. The van der Waals surface area contributed by atoms with E-state index in [0.717, 1.165) is 34.2 Å². The minimum Gasteiger partial charge on any atom is -0.351 e. The number of carbonyl (C=O) groups is 1. The molecular formula is C14H20BrNOS. The van der Waals surface area contributed by atoms with Gasteiger partial charge in [-0.1, -0.05) is 26.2 Å². The summed E-state index contributed by atoms with van der Waals surface area (Å²) >= 11 is 4.88. The second kappa shape index (κ2) is 6.71. The Hall–Kier alpha value is -0.350. The molecule has 2 unspecified atom stereocenters. The number of halogens is 1. The second-order valence-electron chi connectivity index (χ2n) is 5.28. The molecule has 0 radical (unpaired) electrons. The number of nitrogens with one attached hydrogen (secondary N) is 1. The Bertz CT molecular complexity index is 404. The highest BCUT2D eigenvalue weighted by Crippen LogP contribution is 2.30. The van der Waals surface area contributed by atoms with E-state index < -0.39 is 0 Å². The van der Waals surface area contributed by atoms with Crippen molar-refractivity contribution in [3.05, 3.63) is 20.8 Å². The van der Waals surface area contributed by atoms with Gasteiger partial charge in [0.05, 0.1) is 0 Å². The molecule has 4 heteroatoms. The van der Waals surface area contributed by atoms with E-state index in [2.05, 4.69) is 28.2 Å². The summed E-state index contributed by atoms with van der Waals surface area (Å²) in [5.74, 6) is 1.73. The van der Waals surface area contributed by atoms with Crippen LogP contribution in [0, 0.1) is 11.8 Å². The van der Waals surface area contributed by atoms with Gasteiger partial charge < -0.3 is 5.32 Å². The molecule has 1 amide bonds. The normalized spacial score (nSPS) is 23.9. The summed E-state index contributed by atoms with van der Waals surface area (Å²) in [4.78, 5) is 12.7. The maximum atomic E-state index is 11.9. The Morgan fingerprint density at radius 1 is 1.56 bits per heavy atom. The van der Waals surface area contributed by atoms with Gasteiger partial charge in [0.1, 0.15) is 4.88 Å². The van der Waals surface area contributed by atoms with Gasteiger partial charge in [0, 0.05) is 11.0 Å². The average Bonchev–Trinajstić information content (AvgIpc) is 2.75. The van der Waals surface area contributed by atoms with Crippen molar-refractivity contribution < 1.29 is 4.79 Å². The van der Waals surface area contributed by atoms with Gasteiger partial charge in [-0.25, -0.2) is 0 Å². The molecule has 2 nitrogen and oxygen atoms in total. The summed E-state index contributed by atoms with van der Waals surface area (Å²) < 4.78 is 0.899. The maximum absolute atomic E-state index is 11.9. The predicted molar refractivity (Wildman–Crippen MR) is 80.1 cm³/mol. The summed E-state index contributed by atoms with van der Waals surface area (Å²) in [5.41, 5.74) is 0. The lowest BCUT2D eigenvalue weighted by atomic mass is 9.81. The zero-order valence-corrected chi connectivity index (χ0v) is 13.1. The predicted octanol–water partition coefficient (Wildman–Crippen LogP) is 4.46. The van der Waals surface area contributed by atoms with E-state index in [-0.39, 0.29) is 5.91 Å². The van der Waals surface area contributed by atoms with Crippen molar-refractivity contribution in [2.24, 2.45) is 11.8 Å². The Labute approximate surface area is 121 Å². The van der Waals surface area contributed by atoms with Crippen molar-refractivity contribution in [3.8, 4) is 0 Å². The van der Waals surface area contributed by atoms with Gasteiger partial charge in [0.2, 0.25) is 0 Å². The Kier molecular flexibility index (Phi) is 5.25. The van der Waals surface area contributed by atoms with Crippen molar-refractivity contribution >= 4 is 33.2 Å². The number of hydrogen-bond donors (Lipinski definition) is 1. The minimum absolute atomic E-state index is 0.0562. The van der Waals surface area contributed by atoms with Gasteiger partial charge in [0.25, 0.3) is 5.91 Å². The van der Waals surface area contributed by atoms with Crippen LogP contribution in [0.15, 0.2) is 15.9 Å². The van der Waals surface area contributed by atoms with E-state index in [9.17, 15) is 4.79 Å². The van der Waals surface area contributed by atoms with Crippen molar-refractivity contribution in [2.75, 3.05) is 6.54 Å². The number of amides is 1. The summed E-state index contributed by atoms with van der Waals surface area (Å²) in [6.07, 6.45) is 6.53. The molecule has 1 aliphatic carbocycles. The monoisotopic (exact) mass is 329 g/mol. The highest BCUT2D eigenvalue weighted by molar-refractivity contribution is 9.10. The third kappa shape index (κ3) is 3.82. The van der Waals surface area contributed by atoms with Gasteiger partial charge in [-0.05, 0) is 52.1 Å². The quantitative estimate of drug-likeness (QED) is 0.868. The lowest BCUT2D eigenvalue weighted by Gasteiger charge is -2.26. The van der Waals surface area contributed by atoms with E-state index >= 15 is 0 Å². The molecule has 100 valence electrons. The summed E-state index contributed by atoms with van der Waals surface area (Å²) in [7, 11) is 0. The Morgan fingerprint density at radius 3 is 3.06 bits per heavy atom. The largest absolute Gasteiger partial charge is 0.351 e. The van der Waals surface area contributed by atoms with Gasteiger partial charge in [0.15, 0.2) is 0 Å². The van der Waals surface area contributed by atoms with E-state index in [1.165, 1.54) is 37.0 Å². The first kappa shape index (κ1) is 14.1. The fraction of sp³-hybridized carbons (Fsp3) is 0.643. The zero-order valence-electron chi connectivity index (χ0n) is 10.7. The number of thiophene rings is 1. The first-order valence-electron chi connectivity index (χ1n) is 6.68. The third-order valence-electron chi connectivity index (χ3n) is 3.71. The molecular weight excluding hydrogens is 310 g/mol. The molecule has 0 aromatic carbocycles. The van der Waals surface area contributed by atoms with Crippen molar-refractivity contribution in [3.63, 3.8) is 0 Å². The number of rotatable bonds is 4. The topological polar surface area (TPSA) is 29.1 Å². The van der Waals surface area contributed by atoms with Crippen LogP contribution in [-0.4, -0.2) is 12.5 Å². The molecule has 2 rings (SSSR count). The number of carbonyl (C=O) groups excluding carboxylic acids is 1. The van der Waals surface area contributed by atoms with Crippen LogP contribution in [0.1, 0.15) is 48.7 Å². The molecule has 1 saturated carbocycles. The molecule has 1 aromatic rings. The molecule has 0 bridgehead atoms. The van der Waals surface area contributed by atoms with Crippen LogP contribution in [0.3, 0.4) is 0 Å². The van der Waals surface area contributed by atoms with Crippen molar-refractivity contribution in [1.82, 2.24) is 5.32 Å². The summed E-state index contributed by atoms with van der Waals surface area (Å²) in [6, 6.07) is 1.92. The first-order valence-corrected chi connectivity index (χ1v) is 8.35. The molecule has 18 heavy (non-hydrogen) atoms. The average molecular weight is 330 g/mol. The van der Waals surface area contributed by atoms with E-state index in [4.69, 9.17) is 0 Å². The van der Waals surface area contributed by atoms with E-state index in [1.54, 1.807) is 0 Å². The third-order valence-corrected chi connectivity index (χ3v) is 5.54. The zero-order chi connectivity index (χ0) is 13.0. The van der Waals surface area contributed by atoms with E-state index in [0.29, 0.717) is 0 Å². The van der Waals surface area contributed by atoms with Crippen LogP contribution in [0.5, 0.6) is 0 Å². The van der Waals surface area contributed by atoms with Crippen LogP contribution in [0.25, 0.3) is 0 Å². The molecule has 1 heterocycles. The molecule has 0 saturated heterocycles. The standard InChI is InChI=1S/C14H20BrNOS/c1-10-3-2-4-11(9-10)5-7-16-14(17)13-12(15)6-8-18-13/h6,8,10-11H,2-5,7,9H2,1H3,(H,16,17). The smallest absolute Gasteiger partial charge is 0.262 e. The molecule has 1 N–H and O–H groups in total. The molecule has 1 aromatic heterocycles. The lowest BCUT2D eigenvalue weighted by molar-refractivity contribution is 0.0953. The Morgan fingerprint density at radius 2 is 2.39 bits per heavy atom. The van der Waals surface area contributed by atoms with Crippen LogP contribution in [0.4, 0.5) is 0 Å². The highest BCUT2D eigenvalue weighted by Gasteiger charge is 2.19. The van der Waals surface area contributed by atoms with Crippen molar-refractivity contribution in [1.29, 1.82) is 0 Å². The maximum Gasteiger partial charge on any atom is 0.262 e. The summed E-state index contributed by atoms with van der Waals surface area (Å²) in [5, 5.41) is 4.96. The minimum atomic E-state index is 0.0562.